The van der Waals surface area contributed by atoms with Crippen molar-refractivity contribution >= 4 is 5.97 Å². The molecule has 0 radical (unpaired) electrons. The summed E-state index contributed by atoms with van der Waals surface area (Å²) in [5.74, 6) is -0.986. The molecule has 6 heteroatoms. The highest BCUT2D eigenvalue weighted by Gasteiger charge is 2.45. The van der Waals surface area contributed by atoms with E-state index in [1.165, 1.54) is 0 Å². The molecule has 0 bridgehead atoms. The molecule has 1 saturated heterocycles. The Balaban J connectivity index is 2.64. The van der Waals surface area contributed by atoms with Gasteiger partial charge in [-0.05, 0) is 0 Å². The quantitative estimate of drug-likeness (QED) is 0.335. The lowest BCUT2D eigenvalue weighted by atomic mass is 10.1. The third kappa shape index (κ3) is 1.42. The van der Waals surface area contributed by atoms with E-state index in [-0.39, 0.29) is 0 Å². The fourth-order valence-corrected chi connectivity index (χ4v) is 1.00. The van der Waals surface area contributed by atoms with Crippen LogP contribution < -0.4 is 0 Å². The van der Waals surface area contributed by atoms with Crippen LogP contribution >= 0.6 is 0 Å². The Hall–Kier alpha value is -0.690. The van der Waals surface area contributed by atoms with Crippen LogP contribution in [0.4, 0.5) is 0 Å². The molecule has 0 saturated carbocycles. The van der Waals surface area contributed by atoms with Crippen LogP contribution in [-0.2, 0) is 9.53 Å². The van der Waals surface area contributed by atoms with Crippen LogP contribution in [0.15, 0.2) is 0 Å². The fourth-order valence-electron chi connectivity index (χ4n) is 1.00. The summed E-state index contributed by atoms with van der Waals surface area (Å²) in [7, 11) is 0. The van der Waals surface area contributed by atoms with Crippen molar-refractivity contribution in [3.05, 3.63) is 0 Å². The molecule has 0 aromatic rings. The molecule has 6 nitrogen and oxygen atoms in total. The van der Waals surface area contributed by atoms with Crippen LogP contribution in [0, 0.1) is 0 Å². The van der Waals surface area contributed by atoms with E-state index in [2.05, 4.69) is 4.74 Å². The summed E-state index contributed by atoms with van der Waals surface area (Å²) in [6.07, 6.45) is -5.70. The predicted molar refractivity (Wildman–Crippen MR) is 35.0 cm³/mol. The number of carbonyl (C=O) groups excluding carboxylic acids is 1. The number of esters is 1. The summed E-state index contributed by atoms with van der Waals surface area (Å²) in [6.45, 7) is -0.637. The van der Waals surface area contributed by atoms with E-state index < -0.39 is 37.0 Å². The van der Waals surface area contributed by atoms with Gasteiger partial charge in [0.25, 0.3) is 0 Å². The van der Waals surface area contributed by atoms with Crippen LogP contribution in [0.1, 0.15) is 0 Å². The maximum atomic E-state index is 10.6. The summed E-state index contributed by atoms with van der Waals surface area (Å²) < 4.78 is 4.39. The van der Waals surface area contributed by atoms with Gasteiger partial charge in [0.2, 0.25) is 0 Å². The first-order valence-corrected chi connectivity index (χ1v) is 3.43. The lowest BCUT2D eigenvalue weighted by Crippen LogP contribution is -2.40. The highest BCUT2D eigenvalue weighted by atomic mass is 16.6. The Morgan fingerprint density at radius 1 is 1.50 bits per heavy atom. The van der Waals surface area contributed by atoms with Gasteiger partial charge in [0.15, 0.2) is 12.2 Å². The average Bonchev–Trinajstić information content (AvgIpc) is 2.32. The Kier molecular flexibility index (Phi) is 2.63. The van der Waals surface area contributed by atoms with Gasteiger partial charge in [0.05, 0.1) is 6.61 Å². The van der Waals surface area contributed by atoms with Gasteiger partial charge in [-0.15, -0.1) is 0 Å². The summed E-state index contributed by atoms with van der Waals surface area (Å²) in [5.41, 5.74) is 0. The number of hydrogen-bond donors (Lipinski definition) is 4. The van der Waals surface area contributed by atoms with Gasteiger partial charge in [-0.25, -0.2) is 4.79 Å². The van der Waals surface area contributed by atoms with Gasteiger partial charge in [-0.3, -0.25) is 0 Å². The maximum Gasteiger partial charge on any atom is 0.338 e. The van der Waals surface area contributed by atoms with Crippen molar-refractivity contribution in [1.29, 1.82) is 0 Å². The first-order chi connectivity index (χ1) is 5.57. The molecule has 4 atom stereocenters. The van der Waals surface area contributed by atoms with Crippen LogP contribution in [0.25, 0.3) is 0 Å². The van der Waals surface area contributed by atoms with Gasteiger partial charge in [0, 0.05) is 0 Å². The highest BCUT2D eigenvalue weighted by molar-refractivity contribution is 5.77. The summed E-state index contributed by atoms with van der Waals surface area (Å²) in [5, 5.41) is 35.3. The van der Waals surface area contributed by atoms with Crippen LogP contribution in [0.5, 0.6) is 0 Å². The molecule has 0 aliphatic carbocycles. The minimum atomic E-state index is -1.63. The minimum Gasteiger partial charge on any atom is -0.455 e. The van der Waals surface area contributed by atoms with Gasteiger partial charge in [-0.2, -0.15) is 0 Å². The number of cyclic esters (lactones) is 1. The second-order valence-electron chi connectivity index (χ2n) is 2.59. The van der Waals surface area contributed by atoms with Crippen molar-refractivity contribution in [2.75, 3.05) is 6.61 Å². The average molecular weight is 178 g/mol. The lowest BCUT2D eigenvalue weighted by Gasteiger charge is -2.17. The molecule has 1 unspecified atom stereocenters. The van der Waals surface area contributed by atoms with Gasteiger partial charge in [-0.1, -0.05) is 0 Å². The zero-order chi connectivity index (χ0) is 9.30. The molecular weight excluding hydrogens is 168 g/mol. The smallest absolute Gasteiger partial charge is 0.338 e. The lowest BCUT2D eigenvalue weighted by molar-refractivity contribution is -0.151. The largest absolute Gasteiger partial charge is 0.455 e. The van der Waals surface area contributed by atoms with E-state index in [1.54, 1.807) is 0 Å². The number of aliphatic hydroxyl groups is 4. The van der Waals surface area contributed by atoms with Crippen molar-refractivity contribution in [1.82, 2.24) is 0 Å². The zero-order valence-corrected chi connectivity index (χ0v) is 6.12. The standard InChI is InChI=1S/C6H10O6/c7-1-2(8)5-3(9)4(10)6(11)12-5/h2-5,7-10H,1H2/t2-,3+,4+,5?/m0/s1. The van der Waals surface area contributed by atoms with Crippen molar-refractivity contribution in [3.63, 3.8) is 0 Å². The van der Waals surface area contributed by atoms with Gasteiger partial charge >= 0.3 is 5.97 Å². The van der Waals surface area contributed by atoms with E-state index >= 15 is 0 Å². The number of rotatable bonds is 2. The monoisotopic (exact) mass is 178 g/mol. The Labute approximate surface area is 68.0 Å². The summed E-state index contributed by atoms with van der Waals surface area (Å²) in [4.78, 5) is 10.6. The third-order valence-electron chi connectivity index (χ3n) is 1.72. The first kappa shape index (κ1) is 9.40. The number of hydrogen-bond acceptors (Lipinski definition) is 6. The molecule has 0 amide bonds. The normalized spacial score (nSPS) is 38.0. The van der Waals surface area contributed by atoms with Crippen LogP contribution in [0.3, 0.4) is 0 Å². The second kappa shape index (κ2) is 3.36. The number of aliphatic hydroxyl groups excluding tert-OH is 4. The van der Waals surface area contributed by atoms with Crippen molar-refractivity contribution in [2.45, 2.75) is 24.4 Å². The Morgan fingerprint density at radius 3 is 2.42 bits per heavy atom. The topological polar surface area (TPSA) is 107 Å². The second-order valence-corrected chi connectivity index (χ2v) is 2.59. The number of carbonyl (C=O) groups is 1. The van der Waals surface area contributed by atoms with E-state index in [0.29, 0.717) is 0 Å². The molecule has 1 fully saturated rings. The first-order valence-electron chi connectivity index (χ1n) is 3.43. The molecule has 1 aliphatic heterocycles. The highest BCUT2D eigenvalue weighted by Crippen LogP contribution is 2.18. The molecule has 1 rings (SSSR count). The molecule has 0 aromatic heterocycles. The maximum absolute atomic E-state index is 10.6. The zero-order valence-electron chi connectivity index (χ0n) is 6.12. The molecular formula is C6H10O6. The van der Waals surface area contributed by atoms with Crippen molar-refractivity contribution in [2.24, 2.45) is 0 Å². The Morgan fingerprint density at radius 2 is 2.08 bits per heavy atom. The van der Waals surface area contributed by atoms with Crippen molar-refractivity contribution < 1.29 is 30.0 Å². The van der Waals surface area contributed by atoms with Crippen LogP contribution in [0.2, 0.25) is 0 Å². The molecule has 1 heterocycles. The summed E-state index contributed by atoms with van der Waals surface area (Å²) in [6, 6.07) is 0. The molecule has 0 aromatic carbocycles. The summed E-state index contributed by atoms with van der Waals surface area (Å²) >= 11 is 0. The number of ether oxygens (including phenoxy) is 1. The van der Waals surface area contributed by atoms with Crippen molar-refractivity contribution in [3.8, 4) is 0 Å². The molecule has 4 N–H and O–H groups in total. The van der Waals surface area contributed by atoms with E-state index in [9.17, 15) is 4.79 Å². The predicted octanol–water partition coefficient (Wildman–Crippen LogP) is -3.01. The third-order valence-corrected chi connectivity index (χ3v) is 1.72. The molecule has 70 valence electrons. The minimum absolute atomic E-state index is 0.637. The van der Waals surface area contributed by atoms with E-state index in [4.69, 9.17) is 20.4 Å². The van der Waals surface area contributed by atoms with E-state index in [1.807, 2.05) is 0 Å². The van der Waals surface area contributed by atoms with E-state index in [0.717, 1.165) is 0 Å². The molecule has 1 aliphatic rings. The van der Waals surface area contributed by atoms with Gasteiger partial charge < -0.3 is 25.2 Å². The Bertz CT molecular complexity index is 181. The SMILES string of the molecule is O=C1OC([C@@H](O)CO)[C@H](O)[C@H]1O. The van der Waals surface area contributed by atoms with Crippen LogP contribution in [-0.4, -0.2) is 57.4 Å². The molecule has 0 spiro atoms. The van der Waals surface area contributed by atoms with Gasteiger partial charge in [0.1, 0.15) is 12.2 Å². The molecule has 12 heavy (non-hydrogen) atoms. The fraction of sp³-hybridized carbons (Fsp3) is 0.833.